The first-order valence-electron chi connectivity index (χ1n) is 7.94. The third-order valence-electron chi connectivity index (χ3n) is 4.03. The smallest absolute Gasteiger partial charge is 0.319 e. The number of benzene rings is 2. The van der Waals surface area contributed by atoms with Crippen molar-refractivity contribution in [2.75, 3.05) is 5.32 Å². The number of carbonyl (C=O) groups excluding carboxylic acids is 2. The Hall–Kier alpha value is -3.75. The van der Waals surface area contributed by atoms with Crippen LogP contribution in [0.15, 0.2) is 59.8 Å². The van der Waals surface area contributed by atoms with Crippen molar-refractivity contribution < 1.29 is 18.9 Å². The number of anilines is 1. The molecule has 1 aliphatic heterocycles. The van der Waals surface area contributed by atoms with Crippen LogP contribution in [0.1, 0.15) is 18.5 Å². The van der Waals surface area contributed by atoms with Crippen LogP contribution in [0.2, 0.25) is 0 Å². The maximum absolute atomic E-state index is 13.6. The summed E-state index contributed by atoms with van der Waals surface area (Å²) in [5, 5.41) is 18.5. The lowest BCUT2D eigenvalue weighted by molar-refractivity contribution is -0.384. The number of nitrogens with zero attached hydrogens (tertiary/aromatic N) is 1. The van der Waals surface area contributed by atoms with Gasteiger partial charge < -0.3 is 16.0 Å². The number of nitro groups is 1. The third-order valence-corrected chi connectivity index (χ3v) is 4.03. The fraction of sp³-hybridized carbons (Fsp3) is 0.111. The fourth-order valence-electron chi connectivity index (χ4n) is 2.80. The van der Waals surface area contributed by atoms with E-state index in [1.807, 2.05) is 0 Å². The number of amides is 3. The molecular weight excluding hydrogens is 355 g/mol. The maximum Gasteiger partial charge on any atom is 0.319 e. The van der Waals surface area contributed by atoms with Crippen molar-refractivity contribution >= 4 is 23.3 Å². The molecule has 0 aromatic heterocycles. The molecule has 27 heavy (non-hydrogen) atoms. The largest absolute Gasteiger partial charge is 0.327 e. The van der Waals surface area contributed by atoms with Crippen molar-refractivity contribution in [2.24, 2.45) is 0 Å². The topological polar surface area (TPSA) is 113 Å². The van der Waals surface area contributed by atoms with Gasteiger partial charge >= 0.3 is 6.03 Å². The molecule has 0 unspecified atom stereocenters. The number of rotatable bonds is 4. The monoisotopic (exact) mass is 370 g/mol. The van der Waals surface area contributed by atoms with Crippen molar-refractivity contribution in [3.05, 3.63) is 81.3 Å². The number of nitro benzene ring substituents is 1. The average molecular weight is 370 g/mol. The fourth-order valence-corrected chi connectivity index (χ4v) is 2.80. The zero-order valence-corrected chi connectivity index (χ0v) is 14.2. The zero-order chi connectivity index (χ0) is 19.6. The molecule has 9 heteroatoms. The van der Waals surface area contributed by atoms with E-state index in [0.717, 1.165) is 0 Å². The molecule has 1 aliphatic rings. The van der Waals surface area contributed by atoms with Crippen LogP contribution in [0.5, 0.6) is 0 Å². The zero-order valence-electron chi connectivity index (χ0n) is 14.2. The number of hydrogen-bond donors (Lipinski definition) is 3. The lowest BCUT2D eigenvalue weighted by Gasteiger charge is -2.28. The van der Waals surface area contributed by atoms with E-state index in [9.17, 15) is 24.1 Å². The standard InChI is InChI=1S/C18H15FN4O4/c1-10-15(17(24)21-13-5-7-14(8-6-13)23(26)27)16(22-18(25)20-10)11-3-2-4-12(19)9-11/h2-9,16H,1H3,(H,21,24)(H2,20,22,25)/t16-/m0/s1. The first-order chi connectivity index (χ1) is 12.8. The quantitative estimate of drug-likeness (QED) is 0.567. The SMILES string of the molecule is CC1=C(C(=O)Nc2ccc([N+](=O)[O-])cc2)[C@H](c2cccc(F)c2)NC(=O)N1. The average Bonchev–Trinajstić information content (AvgIpc) is 2.61. The van der Waals surface area contributed by atoms with Crippen LogP contribution in [0.4, 0.5) is 20.6 Å². The van der Waals surface area contributed by atoms with Gasteiger partial charge in [-0.1, -0.05) is 12.1 Å². The minimum absolute atomic E-state index is 0.104. The van der Waals surface area contributed by atoms with Crippen LogP contribution in [0, 0.1) is 15.9 Å². The second-order valence-electron chi connectivity index (χ2n) is 5.88. The van der Waals surface area contributed by atoms with Gasteiger partial charge in [0.05, 0.1) is 16.5 Å². The highest BCUT2D eigenvalue weighted by atomic mass is 19.1. The molecule has 138 valence electrons. The molecule has 3 rings (SSSR count). The molecule has 1 atom stereocenters. The summed E-state index contributed by atoms with van der Waals surface area (Å²) in [6, 6.07) is 9.58. The van der Waals surface area contributed by atoms with Gasteiger partial charge in [0, 0.05) is 23.5 Å². The van der Waals surface area contributed by atoms with Crippen LogP contribution in [0.3, 0.4) is 0 Å². The lowest BCUT2D eigenvalue weighted by atomic mass is 9.94. The Balaban J connectivity index is 1.90. The van der Waals surface area contributed by atoms with Crippen molar-refractivity contribution in [3.8, 4) is 0 Å². The summed E-state index contributed by atoms with van der Waals surface area (Å²) in [5.74, 6) is -1.02. The highest BCUT2D eigenvalue weighted by Crippen LogP contribution is 2.28. The van der Waals surface area contributed by atoms with Crippen molar-refractivity contribution in [3.63, 3.8) is 0 Å². The molecular formula is C18H15FN4O4. The minimum Gasteiger partial charge on any atom is -0.327 e. The van der Waals surface area contributed by atoms with E-state index < -0.39 is 28.7 Å². The number of hydrogen-bond acceptors (Lipinski definition) is 4. The molecule has 0 radical (unpaired) electrons. The number of halogens is 1. The van der Waals surface area contributed by atoms with E-state index in [2.05, 4.69) is 16.0 Å². The Bertz CT molecular complexity index is 956. The van der Waals surface area contributed by atoms with Crippen molar-refractivity contribution in [1.29, 1.82) is 0 Å². The van der Waals surface area contributed by atoms with Crippen LogP contribution in [0.25, 0.3) is 0 Å². The van der Waals surface area contributed by atoms with Crippen molar-refractivity contribution in [2.45, 2.75) is 13.0 Å². The van der Waals surface area contributed by atoms with Gasteiger partial charge in [0.1, 0.15) is 5.82 Å². The van der Waals surface area contributed by atoms with E-state index in [4.69, 9.17) is 0 Å². The van der Waals surface area contributed by atoms with Crippen molar-refractivity contribution in [1.82, 2.24) is 10.6 Å². The summed E-state index contributed by atoms with van der Waals surface area (Å²) >= 11 is 0. The molecule has 2 aromatic carbocycles. The summed E-state index contributed by atoms with van der Waals surface area (Å²) in [6.45, 7) is 1.57. The maximum atomic E-state index is 13.6. The third kappa shape index (κ3) is 3.92. The molecule has 0 saturated heterocycles. The lowest BCUT2D eigenvalue weighted by Crippen LogP contribution is -2.46. The molecule has 3 amide bonds. The normalized spacial score (nSPS) is 16.4. The molecule has 8 nitrogen and oxygen atoms in total. The predicted octanol–water partition coefficient (Wildman–Crippen LogP) is 3.00. The van der Waals surface area contributed by atoms with Crippen LogP contribution in [-0.2, 0) is 4.79 Å². The second-order valence-corrected chi connectivity index (χ2v) is 5.88. The molecule has 0 fully saturated rings. The van der Waals surface area contributed by atoms with Gasteiger partial charge in [-0.15, -0.1) is 0 Å². The molecule has 0 bridgehead atoms. The van der Waals surface area contributed by atoms with Gasteiger partial charge in [-0.05, 0) is 36.8 Å². The Labute approximate surface area is 153 Å². The number of allylic oxidation sites excluding steroid dienone is 1. The Morgan fingerprint density at radius 3 is 2.56 bits per heavy atom. The predicted molar refractivity (Wildman–Crippen MR) is 95.2 cm³/mol. The highest BCUT2D eigenvalue weighted by molar-refractivity contribution is 6.06. The molecule has 1 heterocycles. The minimum atomic E-state index is -0.840. The van der Waals surface area contributed by atoms with E-state index in [-0.39, 0.29) is 11.3 Å². The Kier molecular flexibility index (Phi) is 4.84. The highest BCUT2D eigenvalue weighted by Gasteiger charge is 2.31. The summed E-state index contributed by atoms with van der Waals surface area (Å²) in [4.78, 5) is 34.8. The van der Waals surface area contributed by atoms with Gasteiger partial charge in [0.2, 0.25) is 0 Å². The number of non-ortho nitro benzene ring substituents is 1. The Morgan fingerprint density at radius 1 is 1.22 bits per heavy atom. The second kappa shape index (κ2) is 7.24. The van der Waals surface area contributed by atoms with Crippen LogP contribution >= 0.6 is 0 Å². The van der Waals surface area contributed by atoms with Crippen LogP contribution < -0.4 is 16.0 Å². The first kappa shape index (κ1) is 18.1. The molecule has 0 spiro atoms. The van der Waals surface area contributed by atoms with E-state index in [1.165, 1.54) is 42.5 Å². The van der Waals surface area contributed by atoms with E-state index in [0.29, 0.717) is 16.9 Å². The summed E-state index contributed by atoms with van der Waals surface area (Å²) in [7, 11) is 0. The number of carbonyl (C=O) groups is 2. The molecule has 0 aliphatic carbocycles. The summed E-state index contributed by atoms with van der Waals surface area (Å²) < 4.78 is 13.6. The molecule has 2 aromatic rings. The van der Waals surface area contributed by atoms with Gasteiger partial charge in [-0.2, -0.15) is 0 Å². The van der Waals surface area contributed by atoms with E-state index in [1.54, 1.807) is 13.0 Å². The van der Waals surface area contributed by atoms with Gasteiger partial charge in [-0.3, -0.25) is 14.9 Å². The Morgan fingerprint density at radius 2 is 1.93 bits per heavy atom. The first-order valence-corrected chi connectivity index (χ1v) is 7.94. The molecule has 3 N–H and O–H groups in total. The number of nitrogens with one attached hydrogen (secondary N) is 3. The van der Waals surface area contributed by atoms with Gasteiger partial charge in [0.25, 0.3) is 11.6 Å². The summed E-state index contributed by atoms with van der Waals surface area (Å²) in [5.41, 5.74) is 1.19. The summed E-state index contributed by atoms with van der Waals surface area (Å²) in [6.07, 6.45) is 0. The number of urea groups is 1. The molecule has 0 saturated carbocycles. The van der Waals surface area contributed by atoms with Gasteiger partial charge in [0.15, 0.2) is 0 Å². The van der Waals surface area contributed by atoms with Gasteiger partial charge in [-0.25, -0.2) is 9.18 Å². The van der Waals surface area contributed by atoms with E-state index >= 15 is 0 Å². The van der Waals surface area contributed by atoms with Crippen LogP contribution in [-0.4, -0.2) is 16.9 Å².